The molecule has 15 heavy (non-hydrogen) atoms. The summed E-state index contributed by atoms with van der Waals surface area (Å²) in [7, 11) is 0. The number of Topliss-reactive ketones (excluding diaryl/α,β-unsaturated/α-hetero) is 2. The smallest absolute Gasteiger partial charge is 0.176 e. The molecule has 0 bridgehead atoms. The topological polar surface area (TPSA) is 34.1 Å². The lowest BCUT2D eigenvalue weighted by Gasteiger charge is -2.25. The summed E-state index contributed by atoms with van der Waals surface area (Å²) < 4.78 is 13.2. The molecule has 3 heteroatoms. The van der Waals surface area contributed by atoms with Crippen LogP contribution in [0.2, 0.25) is 0 Å². The van der Waals surface area contributed by atoms with Gasteiger partial charge in [0, 0.05) is 5.41 Å². The van der Waals surface area contributed by atoms with E-state index < -0.39 is 16.9 Å². The molecule has 0 aromatic heterocycles. The summed E-state index contributed by atoms with van der Waals surface area (Å²) in [5.41, 5.74) is -2.39. The number of ketones is 2. The van der Waals surface area contributed by atoms with Crippen LogP contribution in [0.1, 0.15) is 53.9 Å². The van der Waals surface area contributed by atoms with E-state index in [1.807, 2.05) is 20.8 Å². The van der Waals surface area contributed by atoms with Crippen molar-refractivity contribution < 1.29 is 14.0 Å². The van der Waals surface area contributed by atoms with Crippen LogP contribution in [0, 0.1) is 5.41 Å². The first kappa shape index (κ1) is 14.3. The third-order valence-corrected chi connectivity index (χ3v) is 3.22. The van der Waals surface area contributed by atoms with Gasteiger partial charge in [0.05, 0.1) is 6.42 Å². The maximum atomic E-state index is 13.2. The fourth-order valence-corrected chi connectivity index (χ4v) is 1.21. The summed E-state index contributed by atoms with van der Waals surface area (Å²) >= 11 is 0. The quantitative estimate of drug-likeness (QED) is 0.639. The number of halogens is 1. The van der Waals surface area contributed by atoms with Gasteiger partial charge in [-0.05, 0) is 26.7 Å². The average molecular weight is 216 g/mol. The Morgan fingerprint density at radius 3 is 1.67 bits per heavy atom. The van der Waals surface area contributed by atoms with Gasteiger partial charge in [-0.25, -0.2) is 4.39 Å². The van der Waals surface area contributed by atoms with Crippen LogP contribution in [0.5, 0.6) is 0 Å². The van der Waals surface area contributed by atoms with E-state index in [1.54, 1.807) is 0 Å². The largest absolute Gasteiger partial charge is 0.299 e. The Kier molecular flexibility index (Phi) is 4.63. The molecule has 0 radical (unpaired) electrons. The first-order valence-corrected chi connectivity index (χ1v) is 5.43. The van der Waals surface area contributed by atoms with Gasteiger partial charge in [0.25, 0.3) is 0 Å². The first-order valence-electron chi connectivity index (χ1n) is 5.43. The van der Waals surface area contributed by atoms with E-state index in [9.17, 15) is 14.0 Å². The minimum absolute atomic E-state index is 0.150. The second kappa shape index (κ2) is 4.86. The third kappa shape index (κ3) is 3.73. The van der Waals surface area contributed by atoms with Gasteiger partial charge in [-0.1, -0.05) is 20.8 Å². The predicted octanol–water partition coefficient (Wildman–Crippen LogP) is 3.09. The van der Waals surface area contributed by atoms with Crippen molar-refractivity contribution in [1.29, 1.82) is 0 Å². The monoisotopic (exact) mass is 216 g/mol. The van der Waals surface area contributed by atoms with Crippen LogP contribution in [0.3, 0.4) is 0 Å². The number of carbonyl (C=O) groups excluding carboxylic acids is 2. The predicted molar refractivity (Wildman–Crippen MR) is 58.5 cm³/mol. The summed E-state index contributed by atoms with van der Waals surface area (Å²) in [5.74, 6) is -0.774. The number of rotatable bonds is 6. The van der Waals surface area contributed by atoms with Crippen LogP contribution < -0.4 is 0 Å². The number of hydrogen-bond acceptors (Lipinski definition) is 2. The highest BCUT2D eigenvalue weighted by molar-refractivity contribution is 6.04. The molecule has 88 valence electrons. The Balaban J connectivity index is 4.57. The lowest BCUT2D eigenvalue weighted by atomic mass is 9.78. The zero-order valence-electron chi connectivity index (χ0n) is 10.3. The first-order chi connectivity index (χ1) is 6.67. The van der Waals surface area contributed by atoms with Gasteiger partial charge in [-0.15, -0.1) is 0 Å². The van der Waals surface area contributed by atoms with Crippen molar-refractivity contribution in [3.8, 4) is 0 Å². The summed E-state index contributed by atoms with van der Waals surface area (Å²) in [5, 5.41) is 0. The average Bonchev–Trinajstić information content (AvgIpc) is 2.14. The molecule has 0 rings (SSSR count). The summed E-state index contributed by atoms with van der Waals surface area (Å²) in [6.45, 7) is 8.03. The standard InChI is InChI=1S/C12H21FO2/c1-6-12(5,7-2)10(15)8-9(14)11(3,4)13/h6-8H2,1-5H3. The highest BCUT2D eigenvalue weighted by Gasteiger charge is 2.35. The molecule has 0 heterocycles. The van der Waals surface area contributed by atoms with Crippen LogP contribution in [0.15, 0.2) is 0 Å². The molecular formula is C12H21FO2. The SMILES string of the molecule is CCC(C)(CC)C(=O)CC(=O)C(C)(C)F. The van der Waals surface area contributed by atoms with Crippen LogP contribution in [0.4, 0.5) is 4.39 Å². The maximum Gasteiger partial charge on any atom is 0.176 e. The van der Waals surface area contributed by atoms with Crippen molar-refractivity contribution in [1.82, 2.24) is 0 Å². The molecular weight excluding hydrogens is 195 g/mol. The minimum Gasteiger partial charge on any atom is -0.299 e. The molecule has 0 saturated carbocycles. The minimum atomic E-state index is -1.90. The van der Waals surface area contributed by atoms with E-state index in [0.29, 0.717) is 12.8 Å². The van der Waals surface area contributed by atoms with E-state index in [0.717, 1.165) is 0 Å². The highest BCUT2D eigenvalue weighted by atomic mass is 19.1. The second-order valence-corrected chi connectivity index (χ2v) is 4.76. The van der Waals surface area contributed by atoms with Crippen LogP contribution in [-0.2, 0) is 9.59 Å². The number of carbonyl (C=O) groups is 2. The van der Waals surface area contributed by atoms with Gasteiger partial charge >= 0.3 is 0 Å². The second-order valence-electron chi connectivity index (χ2n) is 4.76. The fraction of sp³-hybridized carbons (Fsp3) is 0.833. The van der Waals surface area contributed by atoms with E-state index in [2.05, 4.69) is 0 Å². The van der Waals surface area contributed by atoms with E-state index in [4.69, 9.17) is 0 Å². The van der Waals surface area contributed by atoms with Crippen molar-refractivity contribution >= 4 is 11.6 Å². The highest BCUT2D eigenvalue weighted by Crippen LogP contribution is 2.29. The zero-order valence-corrected chi connectivity index (χ0v) is 10.3. The number of hydrogen-bond donors (Lipinski definition) is 0. The van der Waals surface area contributed by atoms with Gasteiger partial charge in [0.15, 0.2) is 11.5 Å². The molecule has 0 aromatic rings. The molecule has 0 aliphatic heterocycles. The third-order valence-electron chi connectivity index (χ3n) is 3.22. The van der Waals surface area contributed by atoms with Crippen LogP contribution in [0.25, 0.3) is 0 Å². The molecule has 0 aliphatic carbocycles. The normalized spacial score (nSPS) is 12.7. The summed E-state index contributed by atoms with van der Waals surface area (Å²) in [6, 6.07) is 0. The van der Waals surface area contributed by atoms with Gasteiger partial charge in [0.2, 0.25) is 0 Å². The Morgan fingerprint density at radius 1 is 1.00 bits per heavy atom. The van der Waals surface area contributed by atoms with Gasteiger partial charge < -0.3 is 0 Å². The molecule has 0 unspecified atom stereocenters. The Hall–Kier alpha value is -0.730. The van der Waals surface area contributed by atoms with E-state index in [1.165, 1.54) is 13.8 Å². The zero-order chi connectivity index (χ0) is 12.3. The summed E-state index contributed by atoms with van der Waals surface area (Å²) in [6.07, 6.45) is 1.08. The van der Waals surface area contributed by atoms with Gasteiger partial charge in [-0.2, -0.15) is 0 Å². The Morgan fingerprint density at radius 2 is 1.40 bits per heavy atom. The van der Waals surface area contributed by atoms with Gasteiger partial charge in [-0.3, -0.25) is 9.59 Å². The van der Waals surface area contributed by atoms with Crippen molar-refractivity contribution in [2.45, 2.75) is 59.5 Å². The molecule has 0 saturated heterocycles. The molecule has 0 N–H and O–H groups in total. The van der Waals surface area contributed by atoms with Crippen LogP contribution in [-0.4, -0.2) is 17.2 Å². The van der Waals surface area contributed by atoms with Crippen molar-refractivity contribution in [3.05, 3.63) is 0 Å². The van der Waals surface area contributed by atoms with Crippen molar-refractivity contribution in [3.63, 3.8) is 0 Å². The molecule has 0 fully saturated rings. The molecule has 2 nitrogen and oxygen atoms in total. The van der Waals surface area contributed by atoms with E-state index >= 15 is 0 Å². The number of alkyl halides is 1. The Bertz CT molecular complexity index is 247. The molecule has 0 aliphatic rings. The maximum absolute atomic E-state index is 13.2. The lowest BCUT2D eigenvalue weighted by molar-refractivity contribution is -0.137. The lowest BCUT2D eigenvalue weighted by Crippen LogP contribution is -2.34. The van der Waals surface area contributed by atoms with Crippen molar-refractivity contribution in [2.75, 3.05) is 0 Å². The molecule has 0 amide bonds. The van der Waals surface area contributed by atoms with Crippen LogP contribution >= 0.6 is 0 Å². The molecule has 0 spiro atoms. The fourth-order valence-electron chi connectivity index (χ4n) is 1.21. The van der Waals surface area contributed by atoms with Crippen molar-refractivity contribution in [2.24, 2.45) is 5.41 Å². The van der Waals surface area contributed by atoms with Gasteiger partial charge in [0.1, 0.15) is 5.78 Å². The van der Waals surface area contributed by atoms with E-state index in [-0.39, 0.29) is 12.2 Å². The Labute approximate surface area is 91.2 Å². The summed E-state index contributed by atoms with van der Waals surface area (Å²) in [4.78, 5) is 23.2. The molecule has 0 aromatic carbocycles. The molecule has 0 atom stereocenters.